The van der Waals surface area contributed by atoms with E-state index in [1.54, 1.807) is 0 Å². The Bertz CT molecular complexity index is 253. The summed E-state index contributed by atoms with van der Waals surface area (Å²) in [4.78, 5) is 5.38. The Balaban J connectivity index is 1.74. The van der Waals surface area contributed by atoms with Crippen molar-refractivity contribution < 1.29 is 0 Å². The van der Waals surface area contributed by atoms with Crippen LogP contribution in [0.1, 0.15) is 47.0 Å². The highest BCUT2D eigenvalue weighted by Crippen LogP contribution is 2.21. The van der Waals surface area contributed by atoms with Gasteiger partial charge in [-0.1, -0.05) is 0 Å². The van der Waals surface area contributed by atoms with Gasteiger partial charge in [-0.05, 0) is 60.0 Å². The van der Waals surface area contributed by atoms with Gasteiger partial charge in [-0.25, -0.2) is 0 Å². The maximum Gasteiger partial charge on any atom is 0.0235 e. The minimum Gasteiger partial charge on any atom is -0.311 e. The first-order valence-electron chi connectivity index (χ1n) is 7.69. The molecule has 1 N–H and O–H groups in total. The van der Waals surface area contributed by atoms with E-state index in [0.717, 1.165) is 12.6 Å². The van der Waals surface area contributed by atoms with Crippen LogP contribution < -0.4 is 5.32 Å². The first-order chi connectivity index (χ1) is 8.46. The van der Waals surface area contributed by atoms with Crippen molar-refractivity contribution in [3.8, 4) is 0 Å². The van der Waals surface area contributed by atoms with Crippen LogP contribution in [-0.2, 0) is 0 Å². The standard InChI is InChI=1S/C15H31N3/c1-13(11-16-15(2,3)4)18-10-7-14(12-18)17-8-5-6-9-17/h13-14,16H,5-12H2,1-4H3. The molecule has 106 valence electrons. The van der Waals surface area contributed by atoms with Crippen LogP contribution in [0.3, 0.4) is 0 Å². The average molecular weight is 253 g/mol. The minimum absolute atomic E-state index is 0.238. The van der Waals surface area contributed by atoms with Crippen molar-refractivity contribution in [3.63, 3.8) is 0 Å². The Labute approximate surface area is 113 Å². The summed E-state index contributed by atoms with van der Waals surface area (Å²) in [5, 5.41) is 3.63. The third-order valence-corrected chi connectivity index (χ3v) is 4.40. The van der Waals surface area contributed by atoms with Crippen LogP contribution in [0.25, 0.3) is 0 Å². The van der Waals surface area contributed by atoms with Crippen LogP contribution in [0.5, 0.6) is 0 Å². The van der Waals surface area contributed by atoms with E-state index < -0.39 is 0 Å². The van der Waals surface area contributed by atoms with Gasteiger partial charge in [-0.15, -0.1) is 0 Å². The zero-order chi connectivity index (χ0) is 13.2. The van der Waals surface area contributed by atoms with E-state index in [-0.39, 0.29) is 5.54 Å². The molecule has 2 aliphatic heterocycles. The third kappa shape index (κ3) is 3.94. The Hall–Kier alpha value is -0.120. The lowest BCUT2D eigenvalue weighted by atomic mass is 10.1. The predicted molar refractivity (Wildman–Crippen MR) is 78.0 cm³/mol. The van der Waals surface area contributed by atoms with Crippen LogP contribution in [0.15, 0.2) is 0 Å². The van der Waals surface area contributed by atoms with E-state index in [1.165, 1.54) is 45.4 Å². The molecule has 2 heterocycles. The molecular weight excluding hydrogens is 222 g/mol. The molecule has 0 radical (unpaired) electrons. The third-order valence-electron chi connectivity index (χ3n) is 4.40. The lowest BCUT2D eigenvalue weighted by Gasteiger charge is -2.30. The highest BCUT2D eigenvalue weighted by Gasteiger charge is 2.31. The minimum atomic E-state index is 0.238. The predicted octanol–water partition coefficient (Wildman–Crippen LogP) is 1.93. The van der Waals surface area contributed by atoms with Crippen LogP contribution >= 0.6 is 0 Å². The highest BCUT2D eigenvalue weighted by molar-refractivity contribution is 4.88. The van der Waals surface area contributed by atoms with Crippen LogP contribution in [-0.4, -0.2) is 60.1 Å². The van der Waals surface area contributed by atoms with Gasteiger partial charge in [0.2, 0.25) is 0 Å². The fourth-order valence-corrected chi connectivity index (χ4v) is 3.16. The summed E-state index contributed by atoms with van der Waals surface area (Å²) in [7, 11) is 0. The molecule has 2 unspecified atom stereocenters. The summed E-state index contributed by atoms with van der Waals surface area (Å²) >= 11 is 0. The van der Waals surface area contributed by atoms with E-state index in [0.29, 0.717) is 6.04 Å². The maximum atomic E-state index is 3.63. The average Bonchev–Trinajstić information content (AvgIpc) is 2.94. The molecule has 2 aliphatic rings. The fourth-order valence-electron chi connectivity index (χ4n) is 3.16. The number of nitrogens with zero attached hydrogens (tertiary/aromatic N) is 2. The van der Waals surface area contributed by atoms with Crippen LogP contribution in [0.2, 0.25) is 0 Å². The smallest absolute Gasteiger partial charge is 0.0235 e. The zero-order valence-corrected chi connectivity index (χ0v) is 12.7. The topological polar surface area (TPSA) is 18.5 Å². The van der Waals surface area contributed by atoms with E-state index in [2.05, 4.69) is 42.8 Å². The largest absolute Gasteiger partial charge is 0.311 e. The maximum absolute atomic E-state index is 3.63. The molecule has 3 nitrogen and oxygen atoms in total. The molecule has 0 amide bonds. The number of likely N-dealkylation sites (tertiary alicyclic amines) is 2. The molecule has 0 bridgehead atoms. The van der Waals surface area contributed by atoms with Gasteiger partial charge in [0.1, 0.15) is 0 Å². The monoisotopic (exact) mass is 253 g/mol. The van der Waals surface area contributed by atoms with Crippen molar-refractivity contribution in [2.24, 2.45) is 0 Å². The quantitative estimate of drug-likeness (QED) is 0.826. The highest BCUT2D eigenvalue weighted by atomic mass is 15.3. The van der Waals surface area contributed by atoms with E-state index >= 15 is 0 Å². The van der Waals surface area contributed by atoms with Crippen LogP contribution in [0, 0.1) is 0 Å². The number of hydrogen-bond acceptors (Lipinski definition) is 3. The van der Waals surface area contributed by atoms with Gasteiger partial charge in [-0.3, -0.25) is 9.80 Å². The molecule has 2 saturated heterocycles. The Kier molecular flexibility index (Phi) is 4.68. The normalized spacial score (nSPS) is 29.0. The molecule has 0 aromatic heterocycles. The molecule has 2 atom stereocenters. The lowest BCUT2D eigenvalue weighted by molar-refractivity contribution is 0.198. The summed E-state index contributed by atoms with van der Waals surface area (Å²) in [5.41, 5.74) is 0.238. The molecular formula is C15H31N3. The van der Waals surface area contributed by atoms with Crippen molar-refractivity contribution in [2.45, 2.75) is 64.6 Å². The molecule has 3 heteroatoms. The summed E-state index contributed by atoms with van der Waals surface area (Å²) in [6.45, 7) is 15.5. The number of nitrogens with one attached hydrogen (secondary N) is 1. The summed E-state index contributed by atoms with van der Waals surface area (Å²) in [6.07, 6.45) is 4.20. The second-order valence-electron chi connectivity index (χ2n) is 7.16. The van der Waals surface area contributed by atoms with E-state index in [9.17, 15) is 0 Å². The molecule has 0 aromatic carbocycles. The second-order valence-corrected chi connectivity index (χ2v) is 7.16. The molecule has 2 rings (SSSR count). The van der Waals surface area contributed by atoms with Gasteiger partial charge in [0.05, 0.1) is 0 Å². The van der Waals surface area contributed by atoms with Crippen molar-refractivity contribution in [2.75, 3.05) is 32.7 Å². The van der Waals surface area contributed by atoms with Gasteiger partial charge in [0.15, 0.2) is 0 Å². The summed E-state index contributed by atoms with van der Waals surface area (Å²) < 4.78 is 0. The first-order valence-corrected chi connectivity index (χ1v) is 7.69. The van der Waals surface area contributed by atoms with Crippen molar-refractivity contribution in [1.82, 2.24) is 15.1 Å². The van der Waals surface area contributed by atoms with Crippen molar-refractivity contribution >= 4 is 0 Å². The van der Waals surface area contributed by atoms with Gasteiger partial charge in [-0.2, -0.15) is 0 Å². The molecule has 0 aromatic rings. The Morgan fingerprint density at radius 1 is 1.17 bits per heavy atom. The zero-order valence-electron chi connectivity index (χ0n) is 12.7. The molecule has 0 aliphatic carbocycles. The van der Waals surface area contributed by atoms with Gasteiger partial charge < -0.3 is 5.32 Å². The second kappa shape index (κ2) is 5.89. The fraction of sp³-hybridized carbons (Fsp3) is 1.00. The van der Waals surface area contributed by atoms with E-state index in [4.69, 9.17) is 0 Å². The number of hydrogen-bond donors (Lipinski definition) is 1. The van der Waals surface area contributed by atoms with Crippen LogP contribution in [0.4, 0.5) is 0 Å². The summed E-state index contributed by atoms with van der Waals surface area (Å²) in [6, 6.07) is 1.50. The Morgan fingerprint density at radius 2 is 1.83 bits per heavy atom. The van der Waals surface area contributed by atoms with Crippen molar-refractivity contribution in [3.05, 3.63) is 0 Å². The van der Waals surface area contributed by atoms with Gasteiger partial charge >= 0.3 is 0 Å². The molecule has 0 spiro atoms. The van der Waals surface area contributed by atoms with Gasteiger partial charge in [0, 0.05) is 37.3 Å². The lowest BCUT2D eigenvalue weighted by Crippen LogP contribution is -2.46. The SMILES string of the molecule is CC(CNC(C)(C)C)N1CCC(N2CCCC2)C1. The molecule has 18 heavy (non-hydrogen) atoms. The van der Waals surface area contributed by atoms with E-state index in [1.807, 2.05) is 0 Å². The first kappa shape index (κ1) is 14.3. The molecule has 0 saturated carbocycles. The van der Waals surface area contributed by atoms with Crippen molar-refractivity contribution in [1.29, 1.82) is 0 Å². The number of rotatable bonds is 4. The van der Waals surface area contributed by atoms with Gasteiger partial charge in [0.25, 0.3) is 0 Å². The summed E-state index contributed by atoms with van der Waals surface area (Å²) in [5.74, 6) is 0. The molecule has 2 fully saturated rings. The Morgan fingerprint density at radius 3 is 2.44 bits per heavy atom.